The van der Waals surface area contributed by atoms with Gasteiger partial charge in [-0.15, -0.1) is 0 Å². The van der Waals surface area contributed by atoms with Crippen LogP contribution in [0, 0.1) is 5.92 Å². The highest BCUT2D eigenvalue weighted by atomic mass is 16.5. The fourth-order valence-electron chi connectivity index (χ4n) is 2.85. The van der Waals surface area contributed by atoms with Crippen LogP contribution in [-0.2, 0) is 9.53 Å². The molecule has 1 aliphatic carbocycles. The molecule has 86 valence electrons. The van der Waals surface area contributed by atoms with E-state index in [4.69, 9.17) is 4.74 Å². The van der Waals surface area contributed by atoms with Crippen LogP contribution in [0.5, 0.6) is 0 Å². The quantitative estimate of drug-likeness (QED) is 0.692. The van der Waals surface area contributed by atoms with E-state index in [2.05, 4.69) is 11.8 Å². The Hall–Kier alpha value is -0.410. The van der Waals surface area contributed by atoms with E-state index in [-0.39, 0.29) is 0 Å². The molecule has 1 heterocycles. The number of ether oxygens (including phenoxy) is 1. The zero-order valence-corrected chi connectivity index (χ0v) is 9.74. The van der Waals surface area contributed by atoms with E-state index < -0.39 is 0 Å². The number of carbonyl (C=O) groups excluding carboxylic acids is 1. The zero-order chi connectivity index (χ0) is 10.8. The Balaban J connectivity index is 1.94. The van der Waals surface area contributed by atoms with Crippen LogP contribution >= 0.6 is 0 Å². The predicted octanol–water partition coefficient (Wildman–Crippen LogP) is 1.46. The highest BCUT2D eigenvalue weighted by Gasteiger charge is 2.34. The smallest absolute Gasteiger partial charge is 0.134 e. The van der Waals surface area contributed by atoms with Gasteiger partial charge in [0.15, 0.2) is 0 Å². The molecular formula is C12H21NO2. The Morgan fingerprint density at radius 3 is 2.87 bits per heavy atom. The lowest BCUT2D eigenvalue weighted by Crippen LogP contribution is -2.43. The number of methoxy groups -OCH3 is 1. The van der Waals surface area contributed by atoms with Gasteiger partial charge >= 0.3 is 0 Å². The Bertz CT molecular complexity index is 242. The van der Waals surface area contributed by atoms with E-state index in [1.54, 1.807) is 7.11 Å². The number of Topliss-reactive ketones (excluding diaryl/α,β-unsaturated/α-hetero) is 1. The topological polar surface area (TPSA) is 29.5 Å². The largest absolute Gasteiger partial charge is 0.380 e. The van der Waals surface area contributed by atoms with Crippen molar-refractivity contribution in [2.45, 2.75) is 44.8 Å². The van der Waals surface area contributed by atoms with E-state index in [0.717, 1.165) is 38.8 Å². The number of carbonyl (C=O) groups is 1. The van der Waals surface area contributed by atoms with Crippen molar-refractivity contribution >= 4 is 5.78 Å². The summed E-state index contributed by atoms with van der Waals surface area (Å²) in [5.41, 5.74) is 0. The van der Waals surface area contributed by atoms with Crippen LogP contribution in [0.25, 0.3) is 0 Å². The fraction of sp³-hybridized carbons (Fsp3) is 0.917. The second-order valence-electron chi connectivity index (χ2n) is 4.97. The molecule has 0 radical (unpaired) electrons. The molecule has 1 saturated heterocycles. The van der Waals surface area contributed by atoms with Crippen molar-refractivity contribution in [2.24, 2.45) is 5.92 Å². The maximum atomic E-state index is 11.5. The molecule has 1 saturated carbocycles. The zero-order valence-electron chi connectivity index (χ0n) is 9.74. The monoisotopic (exact) mass is 211 g/mol. The summed E-state index contributed by atoms with van der Waals surface area (Å²) in [6.45, 7) is 4.39. The Morgan fingerprint density at radius 2 is 2.20 bits per heavy atom. The van der Waals surface area contributed by atoms with Crippen LogP contribution in [0.1, 0.15) is 32.6 Å². The van der Waals surface area contributed by atoms with E-state index in [0.29, 0.717) is 23.8 Å². The third kappa shape index (κ3) is 2.40. The Labute approximate surface area is 91.8 Å². The first-order chi connectivity index (χ1) is 7.20. The molecule has 2 aliphatic rings. The number of hydrogen-bond donors (Lipinski definition) is 0. The summed E-state index contributed by atoms with van der Waals surface area (Å²) in [5, 5.41) is 0. The van der Waals surface area contributed by atoms with Gasteiger partial charge in [0.25, 0.3) is 0 Å². The molecule has 2 rings (SSSR count). The predicted molar refractivity (Wildman–Crippen MR) is 58.8 cm³/mol. The summed E-state index contributed by atoms with van der Waals surface area (Å²) < 4.78 is 5.37. The van der Waals surface area contributed by atoms with E-state index in [1.165, 1.54) is 0 Å². The van der Waals surface area contributed by atoms with Crippen LogP contribution in [0.4, 0.5) is 0 Å². The van der Waals surface area contributed by atoms with Crippen molar-refractivity contribution < 1.29 is 9.53 Å². The normalized spacial score (nSPS) is 38.5. The minimum absolute atomic E-state index is 0.384. The first-order valence-electron chi connectivity index (χ1n) is 5.99. The summed E-state index contributed by atoms with van der Waals surface area (Å²) in [5.74, 6) is 1.11. The molecule has 0 aromatic carbocycles. The highest BCUT2D eigenvalue weighted by molar-refractivity contribution is 5.79. The average molecular weight is 211 g/mol. The van der Waals surface area contributed by atoms with Gasteiger partial charge in [-0.05, 0) is 18.8 Å². The van der Waals surface area contributed by atoms with Gasteiger partial charge in [-0.25, -0.2) is 0 Å². The van der Waals surface area contributed by atoms with Gasteiger partial charge in [0.2, 0.25) is 0 Å². The van der Waals surface area contributed by atoms with Crippen molar-refractivity contribution in [1.29, 1.82) is 0 Å². The Kier molecular flexibility index (Phi) is 3.42. The SMILES string of the molecule is CO[C@H]1CCN(C2CC(=O)CCC2C)C1. The summed E-state index contributed by atoms with van der Waals surface area (Å²) >= 11 is 0. The van der Waals surface area contributed by atoms with Gasteiger partial charge in [-0.3, -0.25) is 9.69 Å². The molecule has 3 nitrogen and oxygen atoms in total. The lowest BCUT2D eigenvalue weighted by molar-refractivity contribution is -0.123. The van der Waals surface area contributed by atoms with Crippen LogP contribution < -0.4 is 0 Å². The second kappa shape index (κ2) is 4.62. The van der Waals surface area contributed by atoms with E-state index in [1.807, 2.05) is 0 Å². The summed E-state index contributed by atoms with van der Waals surface area (Å²) in [4.78, 5) is 13.9. The van der Waals surface area contributed by atoms with Crippen molar-refractivity contribution in [2.75, 3.05) is 20.2 Å². The van der Waals surface area contributed by atoms with Crippen molar-refractivity contribution in [1.82, 2.24) is 4.90 Å². The van der Waals surface area contributed by atoms with Gasteiger partial charge in [-0.2, -0.15) is 0 Å². The first kappa shape index (κ1) is 11.1. The van der Waals surface area contributed by atoms with Crippen molar-refractivity contribution in [3.8, 4) is 0 Å². The number of likely N-dealkylation sites (tertiary alicyclic amines) is 1. The van der Waals surface area contributed by atoms with Crippen molar-refractivity contribution in [3.63, 3.8) is 0 Å². The second-order valence-corrected chi connectivity index (χ2v) is 4.97. The fourth-order valence-corrected chi connectivity index (χ4v) is 2.85. The Morgan fingerprint density at radius 1 is 1.40 bits per heavy atom. The molecule has 3 atom stereocenters. The maximum absolute atomic E-state index is 11.5. The number of ketones is 1. The van der Waals surface area contributed by atoms with E-state index >= 15 is 0 Å². The molecule has 0 bridgehead atoms. The molecule has 0 aromatic rings. The molecule has 3 heteroatoms. The van der Waals surface area contributed by atoms with Crippen LogP contribution in [0.2, 0.25) is 0 Å². The van der Waals surface area contributed by atoms with Gasteiger partial charge in [-0.1, -0.05) is 6.92 Å². The lowest BCUT2D eigenvalue weighted by Gasteiger charge is -2.35. The van der Waals surface area contributed by atoms with E-state index in [9.17, 15) is 4.79 Å². The molecule has 0 amide bonds. The average Bonchev–Trinajstić information content (AvgIpc) is 2.70. The summed E-state index contributed by atoms with van der Waals surface area (Å²) in [7, 11) is 1.78. The minimum Gasteiger partial charge on any atom is -0.380 e. The lowest BCUT2D eigenvalue weighted by atomic mass is 9.84. The van der Waals surface area contributed by atoms with Crippen LogP contribution in [0.15, 0.2) is 0 Å². The van der Waals surface area contributed by atoms with Gasteiger partial charge in [0.05, 0.1) is 6.10 Å². The van der Waals surface area contributed by atoms with Gasteiger partial charge in [0.1, 0.15) is 5.78 Å². The summed E-state index contributed by atoms with van der Waals surface area (Å²) in [6, 6.07) is 0.478. The molecule has 15 heavy (non-hydrogen) atoms. The highest BCUT2D eigenvalue weighted by Crippen LogP contribution is 2.29. The molecule has 2 unspecified atom stereocenters. The van der Waals surface area contributed by atoms with Crippen LogP contribution in [0.3, 0.4) is 0 Å². The molecule has 1 aliphatic heterocycles. The molecule has 0 aromatic heterocycles. The number of hydrogen-bond acceptors (Lipinski definition) is 3. The molecular weight excluding hydrogens is 190 g/mol. The molecule has 0 N–H and O–H groups in total. The van der Waals surface area contributed by atoms with Gasteiger partial charge in [0, 0.05) is 39.1 Å². The maximum Gasteiger partial charge on any atom is 0.134 e. The van der Waals surface area contributed by atoms with Gasteiger partial charge < -0.3 is 4.74 Å². The summed E-state index contributed by atoms with van der Waals surface area (Å²) in [6.07, 6.45) is 4.12. The first-order valence-corrected chi connectivity index (χ1v) is 5.99. The number of nitrogens with zero attached hydrogens (tertiary/aromatic N) is 1. The molecule has 0 spiro atoms. The molecule has 2 fully saturated rings. The standard InChI is InChI=1S/C12H21NO2/c1-9-3-4-10(14)7-12(9)13-6-5-11(8-13)15-2/h9,11-12H,3-8H2,1-2H3/t9?,11-,12?/m0/s1. The minimum atomic E-state index is 0.384. The third-order valence-electron chi connectivity index (χ3n) is 3.95. The third-order valence-corrected chi connectivity index (χ3v) is 3.95. The van der Waals surface area contributed by atoms with Crippen LogP contribution in [-0.4, -0.2) is 43.0 Å². The van der Waals surface area contributed by atoms with Crippen molar-refractivity contribution in [3.05, 3.63) is 0 Å². The number of rotatable bonds is 2.